The number of hydrogen-bond acceptors (Lipinski definition) is 7. The molecule has 38 heavy (non-hydrogen) atoms. The monoisotopic (exact) mass is 610 g/mol. The molecule has 1 amide bonds. The smallest absolute Gasteiger partial charge is 0.449 e. The topological polar surface area (TPSA) is 107 Å². The van der Waals surface area contributed by atoms with Crippen molar-refractivity contribution in [3.05, 3.63) is 33.4 Å². The molecular formula is C20H18Cl2F6N4O5S. The molecule has 0 radical (unpaired) electrons. The second-order valence-electron chi connectivity index (χ2n) is 7.44. The number of benzene rings is 1. The van der Waals surface area contributed by atoms with Crippen molar-refractivity contribution in [3.8, 4) is 11.8 Å². The summed E-state index contributed by atoms with van der Waals surface area (Å²) in [6, 6.07) is 2.16. The van der Waals surface area contributed by atoms with E-state index in [0.29, 0.717) is 21.7 Å². The van der Waals surface area contributed by atoms with Crippen LogP contribution in [0.5, 0.6) is 0 Å². The molecule has 0 saturated heterocycles. The van der Waals surface area contributed by atoms with Crippen LogP contribution in [0.4, 0.5) is 37.0 Å². The average Bonchev–Trinajstić information content (AvgIpc) is 3.18. The van der Waals surface area contributed by atoms with Crippen molar-refractivity contribution >= 4 is 45.9 Å². The first-order chi connectivity index (χ1) is 17.6. The molecule has 0 aliphatic heterocycles. The van der Waals surface area contributed by atoms with Gasteiger partial charge in [-0.1, -0.05) is 23.2 Å². The predicted molar refractivity (Wildman–Crippen MR) is 123 cm³/mol. The van der Waals surface area contributed by atoms with Crippen LogP contribution < -0.4 is 4.90 Å². The van der Waals surface area contributed by atoms with E-state index in [2.05, 4.69) is 5.10 Å². The Kier molecular flexibility index (Phi) is 10.4. The van der Waals surface area contributed by atoms with Gasteiger partial charge in [0.25, 0.3) is 0 Å². The van der Waals surface area contributed by atoms with Gasteiger partial charge in [-0.2, -0.15) is 36.7 Å². The minimum Gasteiger partial charge on any atom is -0.449 e. The molecule has 1 unspecified atom stereocenters. The summed E-state index contributed by atoms with van der Waals surface area (Å²) >= 11 is 12.0. The highest BCUT2D eigenvalue weighted by Crippen LogP contribution is 2.42. The van der Waals surface area contributed by atoms with E-state index in [1.165, 1.54) is 20.3 Å². The van der Waals surface area contributed by atoms with E-state index in [0.717, 1.165) is 7.05 Å². The Morgan fingerprint density at radius 2 is 1.66 bits per heavy atom. The highest BCUT2D eigenvalue weighted by molar-refractivity contribution is 7.86. The third kappa shape index (κ3) is 7.08. The van der Waals surface area contributed by atoms with E-state index in [-0.39, 0.29) is 19.8 Å². The van der Waals surface area contributed by atoms with Crippen LogP contribution in [0.15, 0.2) is 17.0 Å². The molecule has 1 atom stereocenters. The third-order valence-electron chi connectivity index (χ3n) is 4.72. The first kappa shape index (κ1) is 31.6. The number of aromatic nitrogens is 2. The number of ether oxygens (including phenoxy) is 3. The molecule has 18 heteroatoms. The van der Waals surface area contributed by atoms with Gasteiger partial charge in [0.1, 0.15) is 23.3 Å². The lowest BCUT2D eigenvalue weighted by Gasteiger charge is -2.22. The predicted octanol–water partition coefficient (Wildman–Crippen LogP) is 5.18. The van der Waals surface area contributed by atoms with E-state index in [9.17, 15) is 40.6 Å². The molecule has 9 nitrogen and oxygen atoms in total. The van der Waals surface area contributed by atoms with Crippen LogP contribution in [-0.2, 0) is 31.2 Å². The van der Waals surface area contributed by atoms with Crippen LogP contribution in [0.25, 0.3) is 5.69 Å². The molecule has 1 aromatic carbocycles. The minimum absolute atomic E-state index is 0.0848. The summed E-state index contributed by atoms with van der Waals surface area (Å²) in [6.45, 7) is -0.160. The first-order valence-electron chi connectivity index (χ1n) is 10.0. The largest absolute Gasteiger partial charge is 0.476 e. The lowest BCUT2D eigenvalue weighted by molar-refractivity contribution is -0.137. The Bertz CT molecular complexity index is 1220. The van der Waals surface area contributed by atoms with Crippen molar-refractivity contribution < 1.29 is 49.6 Å². The molecule has 1 heterocycles. The van der Waals surface area contributed by atoms with E-state index >= 15 is 0 Å². The zero-order chi connectivity index (χ0) is 29.0. The number of amides is 1. The van der Waals surface area contributed by atoms with Crippen LogP contribution in [-0.4, -0.2) is 66.7 Å². The number of halogens is 8. The molecule has 0 bridgehead atoms. The lowest BCUT2D eigenvalue weighted by atomic mass is 10.2. The summed E-state index contributed by atoms with van der Waals surface area (Å²) in [6.07, 6.45) is -6.19. The summed E-state index contributed by atoms with van der Waals surface area (Å²) in [5.41, 5.74) is -8.39. The second kappa shape index (κ2) is 12.5. The maximum atomic E-state index is 13.5. The SMILES string of the molecule is COCC(COC)COC(=O)N(C)c1c(S(=O)C(F)(F)F)c(C#N)nn1-c1c(Cl)cc(C(F)(F)F)cc1Cl. The number of methoxy groups -OCH3 is 2. The van der Waals surface area contributed by atoms with Gasteiger partial charge in [-0.3, -0.25) is 4.90 Å². The van der Waals surface area contributed by atoms with Gasteiger partial charge in [-0.15, -0.1) is 0 Å². The minimum atomic E-state index is -5.42. The number of rotatable bonds is 9. The molecule has 2 aromatic rings. The zero-order valence-corrected chi connectivity index (χ0v) is 21.9. The highest BCUT2D eigenvalue weighted by Gasteiger charge is 2.44. The van der Waals surface area contributed by atoms with Crippen LogP contribution in [0, 0.1) is 17.2 Å². The summed E-state index contributed by atoms with van der Waals surface area (Å²) in [5.74, 6) is -1.41. The van der Waals surface area contributed by atoms with Crippen molar-refractivity contribution in [2.24, 2.45) is 5.92 Å². The first-order valence-corrected chi connectivity index (χ1v) is 12.0. The maximum Gasteiger partial charge on any atom is 0.476 e. The molecule has 0 aliphatic carbocycles. The van der Waals surface area contributed by atoms with Gasteiger partial charge in [0.2, 0.25) is 0 Å². The molecule has 1 aromatic heterocycles. The van der Waals surface area contributed by atoms with Crippen molar-refractivity contribution in [2.75, 3.05) is 46.0 Å². The van der Waals surface area contributed by atoms with Crippen LogP contribution >= 0.6 is 23.2 Å². The van der Waals surface area contributed by atoms with Gasteiger partial charge in [-0.05, 0) is 12.1 Å². The van der Waals surface area contributed by atoms with Crippen molar-refractivity contribution in [1.82, 2.24) is 9.78 Å². The second-order valence-corrected chi connectivity index (χ2v) is 9.66. The van der Waals surface area contributed by atoms with Gasteiger partial charge < -0.3 is 14.2 Å². The fourth-order valence-corrected chi connectivity index (χ4v) is 4.65. The molecule has 0 N–H and O–H groups in total. The van der Waals surface area contributed by atoms with Gasteiger partial charge >= 0.3 is 17.8 Å². The molecule has 0 aliphatic rings. The highest BCUT2D eigenvalue weighted by atomic mass is 35.5. The molecular weight excluding hydrogens is 593 g/mol. The Morgan fingerprint density at radius 3 is 2.08 bits per heavy atom. The molecule has 0 spiro atoms. The number of nitrogens with zero attached hydrogens (tertiary/aromatic N) is 4. The van der Waals surface area contributed by atoms with E-state index in [1.54, 1.807) is 0 Å². The maximum absolute atomic E-state index is 13.5. The van der Waals surface area contributed by atoms with Crippen LogP contribution in [0.3, 0.4) is 0 Å². The summed E-state index contributed by atoms with van der Waals surface area (Å²) < 4.78 is 108. The zero-order valence-electron chi connectivity index (χ0n) is 19.6. The van der Waals surface area contributed by atoms with Gasteiger partial charge in [-0.25, -0.2) is 13.7 Å². The normalized spacial score (nSPS) is 12.9. The number of carbonyl (C=O) groups is 1. The summed E-state index contributed by atoms with van der Waals surface area (Å²) in [5, 5.41) is 11.6. The molecule has 0 fully saturated rings. The van der Waals surface area contributed by atoms with Crippen molar-refractivity contribution in [2.45, 2.75) is 16.6 Å². The van der Waals surface area contributed by atoms with Crippen molar-refractivity contribution in [1.29, 1.82) is 5.26 Å². The third-order valence-corrected chi connectivity index (χ3v) is 6.46. The Labute approximate surface area is 224 Å². The van der Waals surface area contributed by atoms with Gasteiger partial charge in [0.05, 0.1) is 28.8 Å². The van der Waals surface area contributed by atoms with Crippen LogP contribution in [0.2, 0.25) is 10.0 Å². The average molecular weight is 611 g/mol. The van der Waals surface area contributed by atoms with E-state index < -0.39 is 72.2 Å². The van der Waals surface area contributed by atoms with E-state index in [1.807, 2.05) is 0 Å². The van der Waals surface area contributed by atoms with Gasteiger partial charge in [0, 0.05) is 27.2 Å². The fraction of sp³-hybridized carbons (Fsp3) is 0.450. The van der Waals surface area contributed by atoms with Gasteiger partial charge in [0.15, 0.2) is 22.3 Å². The number of anilines is 1. The summed E-state index contributed by atoms with van der Waals surface area (Å²) in [7, 11) is -0.282. The molecule has 0 saturated carbocycles. The number of carbonyl (C=O) groups excluding carboxylic acids is 1. The fourth-order valence-electron chi connectivity index (χ4n) is 3.12. The molecule has 2 rings (SSSR count). The number of alkyl halides is 6. The Balaban J connectivity index is 2.74. The van der Waals surface area contributed by atoms with Crippen molar-refractivity contribution in [3.63, 3.8) is 0 Å². The number of nitriles is 1. The Morgan fingerprint density at radius 1 is 1.13 bits per heavy atom. The molecule has 210 valence electrons. The Hall–Kier alpha value is -2.58. The standard InChI is InChI=1S/C20H18Cl2F6N4O5S/c1-31(18(33)37-9-10(7-35-2)8-36-3)17-16(38(34)20(26,27)28)14(6-29)30-32(17)15-12(21)4-11(5-13(15)22)19(23,24)25/h4-5,10H,7-9H2,1-3H3. The van der Waals surface area contributed by atoms with E-state index in [4.69, 9.17) is 37.4 Å². The lowest BCUT2D eigenvalue weighted by Crippen LogP contribution is -2.33. The number of hydrogen-bond donors (Lipinski definition) is 0. The van der Waals surface area contributed by atoms with Crippen LogP contribution in [0.1, 0.15) is 11.3 Å². The summed E-state index contributed by atoms with van der Waals surface area (Å²) in [4.78, 5) is 12.0. The quantitative estimate of drug-likeness (QED) is 0.360.